The van der Waals surface area contributed by atoms with E-state index in [1.54, 1.807) is 5.56 Å². The highest BCUT2D eigenvalue weighted by Crippen LogP contribution is 2.18. The number of aryl methyl sites for hydroxylation is 2. The number of benzene rings is 1. The van der Waals surface area contributed by atoms with Crippen molar-refractivity contribution in [2.24, 2.45) is 0 Å². The Labute approximate surface area is 94.7 Å². The largest absolute Gasteiger partial charge is 0.0654 e. The molecule has 0 heterocycles. The third-order valence-corrected chi connectivity index (χ3v) is 2.96. The van der Waals surface area contributed by atoms with Gasteiger partial charge in [-0.1, -0.05) is 45.2 Å². The lowest BCUT2D eigenvalue weighted by molar-refractivity contribution is 0.710. The van der Waals surface area contributed by atoms with Gasteiger partial charge in [0.05, 0.1) is 0 Å². The summed E-state index contributed by atoms with van der Waals surface area (Å²) in [5.74, 6) is 0. The van der Waals surface area contributed by atoms with E-state index in [0.717, 1.165) is 0 Å². The van der Waals surface area contributed by atoms with Gasteiger partial charge in [-0.2, -0.15) is 0 Å². The molecule has 0 fully saturated rings. The highest BCUT2D eigenvalue weighted by Gasteiger charge is 2.04. The number of hydrogen-bond donors (Lipinski definition) is 0. The minimum atomic E-state index is 1.21. The maximum absolute atomic E-state index is 3.42. The molecule has 83 valence electrons. The van der Waals surface area contributed by atoms with E-state index in [1.165, 1.54) is 49.7 Å². The zero-order valence-corrected chi connectivity index (χ0v) is 10.4. The number of rotatable bonds is 6. The first-order valence-corrected chi connectivity index (χ1v) is 6.28. The molecule has 0 heteroatoms. The Kier molecular flexibility index (Phi) is 5.45. The second-order valence-electron chi connectivity index (χ2n) is 4.32. The van der Waals surface area contributed by atoms with Gasteiger partial charge in [-0.15, -0.1) is 0 Å². The zero-order chi connectivity index (χ0) is 11.1. The first-order chi connectivity index (χ1) is 7.29. The van der Waals surface area contributed by atoms with Crippen LogP contribution in [0.25, 0.3) is 0 Å². The maximum Gasteiger partial charge on any atom is -0.0146 e. The summed E-state index contributed by atoms with van der Waals surface area (Å²) in [4.78, 5) is 0. The average Bonchev–Trinajstić information content (AvgIpc) is 2.23. The third-order valence-electron chi connectivity index (χ3n) is 2.96. The summed E-state index contributed by atoms with van der Waals surface area (Å²) in [7, 11) is 0. The van der Waals surface area contributed by atoms with Gasteiger partial charge < -0.3 is 0 Å². The van der Waals surface area contributed by atoms with Crippen LogP contribution in [-0.2, 0) is 12.8 Å². The molecule has 15 heavy (non-hydrogen) atoms. The van der Waals surface area contributed by atoms with Crippen LogP contribution in [0, 0.1) is 13.0 Å². The average molecular weight is 203 g/mol. The molecule has 0 N–H and O–H groups in total. The number of hydrogen-bond acceptors (Lipinski definition) is 0. The zero-order valence-electron chi connectivity index (χ0n) is 10.4. The fraction of sp³-hybridized carbons (Fsp3) is 0.600. The quantitative estimate of drug-likeness (QED) is 0.598. The van der Waals surface area contributed by atoms with Crippen LogP contribution in [0.4, 0.5) is 0 Å². The van der Waals surface area contributed by atoms with Crippen LogP contribution < -0.4 is 0 Å². The van der Waals surface area contributed by atoms with Gasteiger partial charge in [0.2, 0.25) is 0 Å². The second-order valence-corrected chi connectivity index (χ2v) is 4.32. The van der Waals surface area contributed by atoms with Crippen molar-refractivity contribution in [3.05, 3.63) is 34.9 Å². The topological polar surface area (TPSA) is 0 Å². The lowest BCUT2D eigenvalue weighted by Crippen LogP contribution is -1.97. The SMILES string of the molecule is CCCCCc1[c]ccc(C)c1CCC. The highest BCUT2D eigenvalue weighted by molar-refractivity contribution is 5.33. The smallest absolute Gasteiger partial charge is 0.0146 e. The Morgan fingerprint density at radius 3 is 2.53 bits per heavy atom. The van der Waals surface area contributed by atoms with Gasteiger partial charge in [0.25, 0.3) is 0 Å². The van der Waals surface area contributed by atoms with E-state index >= 15 is 0 Å². The molecule has 0 saturated carbocycles. The van der Waals surface area contributed by atoms with Gasteiger partial charge in [0, 0.05) is 0 Å². The van der Waals surface area contributed by atoms with Gasteiger partial charge in [-0.3, -0.25) is 0 Å². The molecule has 0 aliphatic rings. The third kappa shape index (κ3) is 3.70. The van der Waals surface area contributed by atoms with Crippen LogP contribution in [0.5, 0.6) is 0 Å². The predicted octanol–water partition coefficient (Wildman–Crippen LogP) is 4.48. The van der Waals surface area contributed by atoms with Crippen molar-refractivity contribution in [2.75, 3.05) is 0 Å². The van der Waals surface area contributed by atoms with Gasteiger partial charge in [-0.05, 0) is 48.9 Å². The van der Waals surface area contributed by atoms with Crippen molar-refractivity contribution < 1.29 is 0 Å². The minimum Gasteiger partial charge on any atom is -0.0654 e. The molecular weight excluding hydrogens is 180 g/mol. The Balaban J connectivity index is 2.71. The molecule has 1 radical (unpaired) electrons. The van der Waals surface area contributed by atoms with Crippen molar-refractivity contribution in [3.8, 4) is 0 Å². The molecule has 0 atom stereocenters. The summed E-state index contributed by atoms with van der Waals surface area (Å²) in [6.45, 7) is 6.73. The standard InChI is InChI=1S/C15H23/c1-4-6-7-11-14-12-8-10-13(3)15(14)9-5-2/h8,10H,4-7,9,11H2,1-3H3. The van der Waals surface area contributed by atoms with Gasteiger partial charge in [-0.25, -0.2) is 0 Å². The molecule has 1 aromatic rings. The fourth-order valence-electron chi connectivity index (χ4n) is 2.07. The van der Waals surface area contributed by atoms with E-state index < -0.39 is 0 Å². The van der Waals surface area contributed by atoms with Crippen LogP contribution in [0.15, 0.2) is 12.1 Å². The summed E-state index contributed by atoms with van der Waals surface area (Å²) < 4.78 is 0. The monoisotopic (exact) mass is 203 g/mol. The van der Waals surface area contributed by atoms with E-state index in [4.69, 9.17) is 0 Å². The Hall–Kier alpha value is -0.780. The van der Waals surface area contributed by atoms with Crippen LogP contribution >= 0.6 is 0 Å². The van der Waals surface area contributed by atoms with Crippen molar-refractivity contribution in [3.63, 3.8) is 0 Å². The van der Waals surface area contributed by atoms with E-state index in [0.29, 0.717) is 0 Å². The first kappa shape index (κ1) is 12.3. The lowest BCUT2D eigenvalue weighted by atomic mass is 9.94. The summed E-state index contributed by atoms with van der Waals surface area (Å²) in [6.07, 6.45) is 7.62. The van der Waals surface area contributed by atoms with E-state index in [-0.39, 0.29) is 0 Å². The maximum atomic E-state index is 3.42. The van der Waals surface area contributed by atoms with Crippen molar-refractivity contribution >= 4 is 0 Å². The Morgan fingerprint density at radius 2 is 1.87 bits per heavy atom. The molecule has 0 spiro atoms. The van der Waals surface area contributed by atoms with Crippen LogP contribution in [-0.4, -0.2) is 0 Å². The highest BCUT2D eigenvalue weighted by atomic mass is 14.1. The summed E-state index contributed by atoms with van der Waals surface area (Å²) >= 11 is 0. The molecule has 0 amide bonds. The fourth-order valence-corrected chi connectivity index (χ4v) is 2.07. The first-order valence-electron chi connectivity index (χ1n) is 6.28. The van der Waals surface area contributed by atoms with Crippen LogP contribution in [0.3, 0.4) is 0 Å². The molecule has 0 aliphatic heterocycles. The molecular formula is C15H23. The van der Waals surface area contributed by atoms with E-state index in [9.17, 15) is 0 Å². The molecule has 1 aromatic carbocycles. The summed E-state index contributed by atoms with van der Waals surface area (Å²) in [6, 6.07) is 7.69. The molecule has 0 bridgehead atoms. The second kappa shape index (κ2) is 6.66. The Bertz CT molecular complexity index is 286. The predicted molar refractivity (Wildman–Crippen MR) is 67.2 cm³/mol. The minimum absolute atomic E-state index is 1.21. The molecule has 0 aliphatic carbocycles. The van der Waals surface area contributed by atoms with Crippen LogP contribution in [0.1, 0.15) is 56.2 Å². The van der Waals surface area contributed by atoms with Gasteiger partial charge in [0.1, 0.15) is 0 Å². The number of unbranched alkanes of at least 4 members (excludes halogenated alkanes) is 2. The van der Waals surface area contributed by atoms with E-state index in [1.807, 2.05) is 0 Å². The van der Waals surface area contributed by atoms with Gasteiger partial charge in [0.15, 0.2) is 0 Å². The normalized spacial score (nSPS) is 10.6. The van der Waals surface area contributed by atoms with Crippen molar-refractivity contribution in [1.82, 2.24) is 0 Å². The van der Waals surface area contributed by atoms with E-state index in [2.05, 4.69) is 39.0 Å². The van der Waals surface area contributed by atoms with Crippen molar-refractivity contribution in [1.29, 1.82) is 0 Å². The van der Waals surface area contributed by atoms with Crippen molar-refractivity contribution in [2.45, 2.75) is 59.3 Å². The van der Waals surface area contributed by atoms with Gasteiger partial charge >= 0.3 is 0 Å². The molecule has 0 aromatic heterocycles. The molecule has 0 nitrogen and oxygen atoms in total. The lowest BCUT2D eigenvalue weighted by Gasteiger charge is -2.11. The summed E-state index contributed by atoms with van der Waals surface area (Å²) in [5, 5.41) is 0. The molecule has 0 unspecified atom stereocenters. The van der Waals surface area contributed by atoms with Crippen LogP contribution in [0.2, 0.25) is 0 Å². The summed E-state index contributed by atoms with van der Waals surface area (Å²) in [5.41, 5.74) is 4.46. The Morgan fingerprint density at radius 1 is 1.07 bits per heavy atom. The molecule has 0 saturated heterocycles. The molecule has 1 rings (SSSR count).